The number of benzene rings is 1. The number of rotatable bonds is 5. The first-order valence-corrected chi connectivity index (χ1v) is 5.45. The molecule has 0 bridgehead atoms. The molecule has 1 aromatic carbocycles. The highest BCUT2D eigenvalue weighted by Crippen LogP contribution is 2.21. The molecule has 0 aliphatic rings. The lowest BCUT2D eigenvalue weighted by Gasteiger charge is -2.19. The van der Waals surface area contributed by atoms with Crippen LogP contribution in [0.2, 0.25) is 0 Å². The van der Waals surface area contributed by atoms with Gasteiger partial charge in [-0.1, -0.05) is 12.1 Å². The van der Waals surface area contributed by atoms with Crippen molar-refractivity contribution in [1.82, 2.24) is 4.90 Å². The lowest BCUT2D eigenvalue weighted by atomic mass is 9.99. The lowest BCUT2D eigenvalue weighted by Crippen LogP contribution is -2.27. The Hall–Kier alpha value is -1.55. The molecule has 1 atom stereocenters. The molecule has 1 unspecified atom stereocenters. The first kappa shape index (κ1) is 13.5. The number of hydrogen-bond donors (Lipinski definition) is 0. The van der Waals surface area contributed by atoms with Crippen molar-refractivity contribution in [1.29, 1.82) is 0 Å². The molecule has 0 heterocycles. The van der Waals surface area contributed by atoms with Gasteiger partial charge in [-0.05, 0) is 31.8 Å². The number of carbonyl (C=O) groups excluding carboxylic acids is 1. The van der Waals surface area contributed by atoms with Crippen molar-refractivity contribution < 1.29 is 14.3 Å². The minimum atomic E-state index is -0.263. The molecular formula is C13H19NO3. The summed E-state index contributed by atoms with van der Waals surface area (Å²) in [6.45, 7) is 0.624. The van der Waals surface area contributed by atoms with Crippen molar-refractivity contribution in [2.45, 2.75) is 5.92 Å². The van der Waals surface area contributed by atoms with Crippen LogP contribution in [0.3, 0.4) is 0 Å². The largest absolute Gasteiger partial charge is 0.497 e. The fourth-order valence-corrected chi connectivity index (χ4v) is 1.66. The molecule has 0 amide bonds. The zero-order valence-electron chi connectivity index (χ0n) is 10.8. The topological polar surface area (TPSA) is 38.8 Å². The zero-order valence-corrected chi connectivity index (χ0v) is 10.8. The van der Waals surface area contributed by atoms with E-state index in [1.165, 1.54) is 7.11 Å². The Bertz CT molecular complexity index is 359. The van der Waals surface area contributed by atoms with Crippen LogP contribution in [-0.4, -0.2) is 45.7 Å². The van der Waals surface area contributed by atoms with E-state index in [4.69, 9.17) is 9.47 Å². The van der Waals surface area contributed by atoms with Crippen LogP contribution in [-0.2, 0) is 9.53 Å². The molecule has 4 heteroatoms. The lowest BCUT2D eigenvalue weighted by molar-refractivity contribution is -0.142. The van der Waals surface area contributed by atoms with Gasteiger partial charge in [-0.25, -0.2) is 0 Å². The van der Waals surface area contributed by atoms with Gasteiger partial charge in [-0.3, -0.25) is 4.79 Å². The average Bonchev–Trinajstić information content (AvgIpc) is 2.35. The third kappa shape index (κ3) is 3.75. The Morgan fingerprint density at radius 3 is 2.24 bits per heavy atom. The number of nitrogens with zero attached hydrogens (tertiary/aromatic N) is 1. The van der Waals surface area contributed by atoms with Crippen molar-refractivity contribution in [2.75, 3.05) is 34.9 Å². The van der Waals surface area contributed by atoms with E-state index in [0.717, 1.165) is 11.3 Å². The van der Waals surface area contributed by atoms with Gasteiger partial charge >= 0.3 is 5.97 Å². The molecule has 0 aromatic heterocycles. The van der Waals surface area contributed by atoms with E-state index >= 15 is 0 Å². The second-order valence-electron chi connectivity index (χ2n) is 4.11. The Morgan fingerprint density at radius 1 is 1.24 bits per heavy atom. The van der Waals surface area contributed by atoms with Gasteiger partial charge in [0.25, 0.3) is 0 Å². The van der Waals surface area contributed by atoms with E-state index in [0.29, 0.717) is 6.54 Å². The Morgan fingerprint density at radius 2 is 1.82 bits per heavy atom. The fraction of sp³-hybridized carbons (Fsp3) is 0.462. The van der Waals surface area contributed by atoms with Crippen molar-refractivity contribution in [3.05, 3.63) is 29.8 Å². The third-order valence-electron chi connectivity index (χ3n) is 2.55. The standard InChI is InChI=1S/C13H19NO3/c1-14(2)9-12(13(15)17-4)10-5-7-11(16-3)8-6-10/h5-8,12H,9H2,1-4H3. The Labute approximate surface area is 102 Å². The molecule has 0 N–H and O–H groups in total. The van der Waals surface area contributed by atoms with E-state index < -0.39 is 0 Å². The molecule has 0 saturated carbocycles. The summed E-state index contributed by atoms with van der Waals surface area (Å²) in [6.07, 6.45) is 0. The van der Waals surface area contributed by atoms with Gasteiger partial charge in [0.2, 0.25) is 0 Å². The van der Waals surface area contributed by atoms with Gasteiger partial charge in [0.15, 0.2) is 0 Å². The summed E-state index contributed by atoms with van der Waals surface area (Å²) >= 11 is 0. The molecule has 4 nitrogen and oxygen atoms in total. The van der Waals surface area contributed by atoms with Gasteiger partial charge in [0.1, 0.15) is 5.75 Å². The van der Waals surface area contributed by atoms with Crippen LogP contribution in [0.15, 0.2) is 24.3 Å². The summed E-state index contributed by atoms with van der Waals surface area (Å²) in [7, 11) is 6.89. The van der Waals surface area contributed by atoms with Crippen LogP contribution in [0.1, 0.15) is 11.5 Å². The van der Waals surface area contributed by atoms with Crippen LogP contribution in [0.4, 0.5) is 0 Å². The van der Waals surface area contributed by atoms with E-state index in [1.54, 1.807) is 7.11 Å². The maximum absolute atomic E-state index is 11.7. The van der Waals surface area contributed by atoms with Crippen molar-refractivity contribution in [2.24, 2.45) is 0 Å². The summed E-state index contributed by atoms with van der Waals surface area (Å²) in [5, 5.41) is 0. The molecule has 0 radical (unpaired) electrons. The highest BCUT2D eigenvalue weighted by atomic mass is 16.5. The third-order valence-corrected chi connectivity index (χ3v) is 2.55. The van der Waals surface area contributed by atoms with E-state index in [9.17, 15) is 4.79 Å². The minimum absolute atomic E-state index is 0.219. The summed E-state index contributed by atoms with van der Waals surface area (Å²) in [6, 6.07) is 7.48. The van der Waals surface area contributed by atoms with Crippen molar-refractivity contribution in [3.8, 4) is 5.75 Å². The van der Waals surface area contributed by atoms with E-state index in [2.05, 4.69) is 0 Å². The molecule has 1 rings (SSSR count). The maximum Gasteiger partial charge on any atom is 0.314 e. The molecule has 1 aromatic rings. The predicted octanol–water partition coefficient (Wildman–Crippen LogP) is 1.51. The number of likely N-dealkylation sites (N-methyl/N-ethyl adjacent to an activating group) is 1. The molecule has 0 spiro atoms. The first-order chi connectivity index (χ1) is 8.08. The van der Waals surface area contributed by atoms with Crippen LogP contribution in [0, 0.1) is 0 Å². The van der Waals surface area contributed by atoms with Crippen molar-refractivity contribution in [3.63, 3.8) is 0 Å². The predicted molar refractivity (Wildman–Crippen MR) is 66.3 cm³/mol. The Kier molecular flexibility index (Phi) is 4.97. The molecule has 0 saturated heterocycles. The molecule has 0 aliphatic heterocycles. The summed E-state index contributed by atoms with van der Waals surface area (Å²) in [5.74, 6) is 0.298. The van der Waals surface area contributed by atoms with E-state index in [-0.39, 0.29) is 11.9 Å². The molecule has 0 fully saturated rings. The molecule has 94 valence electrons. The van der Waals surface area contributed by atoms with Crippen molar-refractivity contribution >= 4 is 5.97 Å². The quantitative estimate of drug-likeness (QED) is 0.728. The van der Waals surface area contributed by atoms with Gasteiger partial charge in [0, 0.05) is 6.54 Å². The summed E-state index contributed by atoms with van der Waals surface area (Å²) in [5.41, 5.74) is 0.936. The fourth-order valence-electron chi connectivity index (χ4n) is 1.66. The minimum Gasteiger partial charge on any atom is -0.497 e. The molecule has 17 heavy (non-hydrogen) atoms. The smallest absolute Gasteiger partial charge is 0.314 e. The maximum atomic E-state index is 11.7. The van der Waals surface area contributed by atoms with Gasteiger partial charge < -0.3 is 14.4 Å². The number of ether oxygens (including phenoxy) is 2. The summed E-state index contributed by atoms with van der Waals surface area (Å²) < 4.78 is 9.92. The zero-order chi connectivity index (χ0) is 12.8. The highest BCUT2D eigenvalue weighted by molar-refractivity contribution is 5.78. The molecular weight excluding hydrogens is 218 g/mol. The second-order valence-corrected chi connectivity index (χ2v) is 4.11. The Balaban J connectivity index is 2.91. The monoisotopic (exact) mass is 237 g/mol. The number of hydrogen-bond acceptors (Lipinski definition) is 4. The van der Waals surface area contributed by atoms with Crippen LogP contribution in [0.25, 0.3) is 0 Å². The van der Waals surface area contributed by atoms with E-state index in [1.807, 2.05) is 43.3 Å². The second kappa shape index (κ2) is 6.25. The average molecular weight is 237 g/mol. The van der Waals surface area contributed by atoms with Gasteiger partial charge in [-0.15, -0.1) is 0 Å². The van der Waals surface area contributed by atoms with Gasteiger partial charge in [-0.2, -0.15) is 0 Å². The highest BCUT2D eigenvalue weighted by Gasteiger charge is 2.22. The van der Waals surface area contributed by atoms with Crippen LogP contribution >= 0.6 is 0 Å². The SMILES string of the molecule is COC(=O)C(CN(C)C)c1ccc(OC)cc1. The number of carbonyl (C=O) groups is 1. The number of esters is 1. The van der Waals surface area contributed by atoms with Crippen LogP contribution < -0.4 is 4.74 Å². The summed E-state index contributed by atoms with van der Waals surface area (Å²) in [4.78, 5) is 13.7. The van der Waals surface area contributed by atoms with Crippen LogP contribution in [0.5, 0.6) is 5.75 Å². The number of methoxy groups -OCH3 is 2. The van der Waals surface area contributed by atoms with Gasteiger partial charge in [0.05, 0.1) is 20.1 Å². The normalized spacial score (nSPS) is 12.3. The molecule has 0 aliphatic carbocycles. The first-order valence-electron chi connectivity index (χ1n) is 5.45.